The first kappa shape index (κ1) is 18.3. The Morgan fingerprint density at radius 3 is 2.89 bits per heavy atom. The molecule has 2 aromatic rings. The summed E-state index contributed by atoms with van der Waals surface area (Å²) >= 11 is 0. The molecule has 140 valence electrons. The molecule has 2 aromatic carbocycles. The van der Waals surface area contributed by atoms with E-state index in [1.807, 2.05) is 18.2 Å². The fourth-order valence-corrected chi connectivity index (χ4v) is 2.47. The van der Waals surface area contributed by atoms with Gasteiger partial charge in [0.05, 0.1) is 13.3 Å². The highest BCUT2D eigenvalue weighted by Crippen LogP contribution is 2.32. The monoisotopic (exact) mass is 368 g/mol. The van der Waals surface area contributed by atoms with Crippen LogP contribution in [-0.2, 0) is 11.2 Å². The highest BCUT2D eigenvalue weighted by molar-refractivity contribution is 5.83. The van der Waals surface area contributed by atoms with Crippen LogP contribution in [-0.4, -0.2) is 32.6 Å². The number of amides is 1. The van der Waals surface area contributed by atoms with Crippen molar-refractivity contribution in [3.63, 3.8) is 0 Å². The maximum Gasteiger partial charge on any atom is 0.277 e. The summed E-state index contributed by atoms with van der Waals surface area (Å²) in [5.74, 6) is 2.01. The van der Waals surface area contributed by atoms with Crippen LogP contribution in [0.3, 0.4) is 0 Å². The van der Waals surface area contributed by atoms with Crippen LogP contribution in [0.15, 0.2) is 54.2 Å². The van der Waals surface area contributed by atoms with Gasteiger partial charge in [0.1, 0.15) is 0 Å². The molecule has 3 rings (SSSR count). The van der Waals surface area contributed by atoms with Crippen molar-refractivity contribution in [2.75, 3.05) is 20.5 Å². The maximum atomic E-state index is 11.9. The molecule has 1 amide bonds. The molecule has 27 heavy (non-hydrogen) atoms. The lowest BCUT2D eigenvalue weighted by Gasteiger charge is -2.11. The van der Waals surface area contributed by atoms with E-state index < -0.39 is 0 Å². The highest BCUT2D eigenvalue weighted by atomic mass is 16.7. The van der Waals surface area contributed by atoms with Crippen LogP contribution in [0.2, 0.25) is 0 Å². The summed E-state index contributed by atoms with van der Waals surface area (Å²) in [6, 6.07) is 10.9. The fraction of sp³-hybridized carbons (Fsp3) is 0.200. The second-order valence-electron chi connectivity index (χ2n) is 5.67. The Hall–Kier alpha value is -3.48. The quantitative estimate of drug-likeness (QED) is 0.440. The summed E-state index contributed by atoms with van der Waals surface area (Å²) in [4.78, 5) is 11.9. The first-order valence-corrected chi connectivity index (χ1v) is 8.32. The van der Waals surface area contributed by atoms with E-state index in [-0.39, 0.29) is 19.3 Å². The molecular formula is C20H20N2O5. The molecule has 0 saturated heterocycles. The lowest BCUT2D eigenvalue weighted by molar-refractivity contribution is -0.123. The minimum Gasteiger partial charge on any atom is -0.493 e. The van der Waals surface area contributed by atoms with Gasteiger partial charge in [-0.2, -0.15) is 5.10 Å². The van der Waals surface area contributed by atoms with E-state index in [9.17, 15) is 4.79 Å². The van der Waals surface area contributed by atoms with Crippen LogP contribution in [0.25, 0.3) is 0 Å². The number of nitrogens with one attached hydrogen (secondary N) is 1. The molecule has 0 aliphatic carbocycles. The molecule has 7 nitrogen and oxygen atoms in total. The Morgan fingerprint density at radius 2 is 2.07 bits per heavy atom. The third-order valence-electron chi connectivity index (χ3n) is 3.77. The number of hydrazone groups is 1. The average molecular weight is 368 g/mol. The smallest absolute Gasteiger partial charge is 0.277 e. The van der Waals surface area contributed by atoms with E-state index in [1.165, 1.54) is 6.21 Å². The van der Waals surface area contributed by atoms with Crippen molar-refractivity contribution in [2.45, 2.75) is 6.42 Å². The van der Waals surface area contributed by atoms with E-state index in [2.05, 4.69) is 17.1 Å². The zero-order valence-electron chi connectivity index (χ0n) is 14.9. The first-order valence-electron chi connectivity index (χ1n) is 8.32. The van der Waals surface area contributed by atoms with Gasteiger partial charge in [-0.1, -0.05) is 12.1 Å². The Bertz CT molecular complexity index is 863. The second-order valence-corrected chi connectivity index (χ2v) is 5.67. The van der Waals surface area contributed by atoms with E-state index in [1.54, 1.807) is 31.4 Å². The Labute approximate surface area is 157 Å². The Morgan fingerprint density at radius 1 is 1.22 bits per heavy atom. The van der Waals surface area contributed by atoms with Crippen molar-refractivity contribution >= 4 is 12.1 Å². The number of benzene rings is 2. The van der Waals surface area contributed by atoms with Gasteiger partial charge in [-0.25, -0.2) is 5.43 Å². The first-order chi connectivity index (χ1) is 13.2. The van der Waals surface area contributed by atoms with Crippen LogP contribution in [0, 0.1) is 0 Å². The van der Waals surface area contributed by atoms with Gasteiger partial charge in [0.25, 0.3) is 5.91 Å². The number of hydrogen-bond donors (Lipinski definition) is 1. The van der Waals surface area contributed by atoms with Crippen LogP contribution >= 0.6 is 0 Å². The molecule has 0 bridgehead atoms. The van der Waals surface area contributed by atoms with Gasteiger partial charge in [0, 0.05) is 0 Å². The SMILES string of the molecule is C=CCc1ccc(OCC(=O)N/N=C/c2ccc3c(c2)OCO3)c(OC)c1. The number of fused-ring (bicyclic) bond motifs is 1. The topological polar surface area (TPSA) is 78.4 Å². The van der Waals surface area contributed by atoms with Crippen molar-refractivity contribution in [3.8, 4) is 23.0 Å². The summed E-state index contributed by atoms with van der Waals surface area (Å²) < 4.78 is 21.3. The van der Waals surface area contributed by atoms with Crippen molar-refractivity contribution in [1.82, 2.24) is 5.43 Å². The predicted molar refractivity (Wildman–Crippen MR) is 101 cm³/mol. The number of rotatable bonds is 8. The molecule has 0 unspecified atom stereocenters. The number of nitrogens with zero attached hydrogens (tertiary/aromatic N) is 1. The van der Waals surface area contributed by atoms with Gasteiger partial charge >= 0.3 is 0 Å². The zero-order valence-corrected chi connectivity index (χ0v) is 14.9. The van der Waals surface area contributed by atoms with Crippen molar-refractivity contribution in [1.29, 1.82) is 0 Å². The number of hydrogen-bond acceptors (Lipinski definition) is 6. The van der Waals surface area contributed by atoms with Crippen LogP contribution in [0.1, 0.15) is 11.1 Å². The van der Waals surface area contributed by atoms with Crippen LogP contribution < -0.4 is 24.4 Å². The molecule has 7 heteroatoms. The molecule has 0 aromatic heterocycles. The van der Waals surface area contributed by atoms with E-state index in [0.717, 1.165) is 17.5 Å². The number of carbonyl (C=O) groups excluding carboxylic acids is 1. The number of carbonyl (C=O) groups is 1. The van der Waals surface area contributed by atoms with Crippen molar-refractivity contribution < 1.29 is 23.7 Å². The van der Waals surface area contributed by atoms with Gasteiger partial charge < -0.3 is 18.9 Å². The molecule has 0 saturated carbocycles. The molecule has 1 aliphatic rings. The maximum absolute atomic E-state index is 11.9. The average Bonchev–Trinajstić information content (AvgIpc) is 3.15. The lowest BCUT2D eigenvalue weighted by atomic mass is 10.1. The number of methoxy groups -OCH3 is 1. The Balaban J connectivity index is 1.51. The third kappa shape index (κ3) is 4.78. The van der Waals surface area contributed by atoms with Crippen molar-refractivity contribution in [3.05, 3.63) is 60.2 Å². The van der Waals surface area contributed by atoms with Gasteiger partial charge in [-0.05, 0) is 47.9 Å². The second kappa shape index (κ2) is 8.75. The summed E-state index contributed by atoms with van der Waals surface area (Å²) in [5, 5.41) is 3.92. The summed E-state index contributed by atoms with van der Waals surface area (Å²) in [7, 11) is 1.55. The lowest BCUT2D eigenvalue weighted by Crippen LogP contribution is -2.24. The van der Waals surface area contributed by atoms with Crippen molar-refractivity contribution in [2.24, 2.45) is 5.10 Å². The molecule has 0 spiro atoms. The molecule has 0 radical (unpaired) electrons. The van der Waals surface area contributed by atoms with E-state index >= 15 is 0 Å². The third-order valence-corrected chi connectivity index (χ3v) is 3.77. The largest absolute Gasteiger partial charge is 0.493 e. The van der Waals surface area contributed by atoms with Gasteiger partial charge in [-0.15, -0.1) is 6.58 Å². The highest BCUT2D eigenvalue weighted by Gasteiger charge is 2.12. The summed E-state index contributed by atoms with van der Waals surface area (Å²) in [6.45, 7) is 3.73. The zero-order chi connectivity index (χ0) is 19.1. The van der Waals surface area contributed by atoms with Gasteiger partial charge in [0.15, 0.2) is 29.6 Å². The molecular weight excluding hydrogens is 348 g/mol. The fourth-order valence-electron chi connectivity index (χ4n) is 2.47. The van der Waals surface area contributed by atoms with Crippen LogP contribution in [0.5, 0.6) is 23.0 Å². The molecule has 0 fully saturated rings. The van der Waals surface area contributed by atoms with Crippen LogP contribution in [0.4, 0.5) is 0 Å². The molecule has 1 aliphatic heterocycles. The van der Waals surface area contributed by atoms with Gasteiger partial charge in [-0.3, -0.25) is 4.79 Å². The predicted octanol–water partition coefficient (Wildman–Crippen LogP) is 2.68. The van der Waals surface area contributed by atoms with E-state index in [4.69, 9.17) is 18.9 Å². The summed E-state index contributed by atoms with van der Waals surface area (Å²) in [5.41, 5.74) is 4.24. The molecule has 1 heterocycles. The van der Waals surface area contributed by atoms with E-state index in [0.29, 0.717) is 23.0 Å². The molecule has 0 atom stereocenters. The summed E-state index contributed by atoms with van der Waals surface area (Å²) in [6.07, 6.45) is 4.05. The molecule has 1 N–H and O–H groups in total. The standard InChI is InChI=1S/C20H20N2O5/c1-3-4-14-5-7-16(18(9-14)24-2)25-12-20(23)22-21-11-15-6-8-17-19(10-15)27-13-26-17/h3,5-11H,1,4,12-13H2,2H3,(H,22,23)/b21-11+. The minimum atomic E-state index is -0.385. The normalized spacial score (nSPS) is 12.0. The number of ether oxygens (including phenoxy) is 4. The van der Waals surface area contributed by atoms with Gasteiger partial charge in [0.2, 0.25) is 6.79 Å². The number of allylic oxidation sites excluding steroid dienone is 1. The Kier molecular flexibility index (Phi) is 5.94. The minimum absolute atomic E-state index is 0.185.